The summed E-state index contributed by atoms with van der Waals surface area (Å²) in [7, 11) is 0. The number of hydrogen-bond donors (Lipinski definition) is 0. The van der Waals surface area contributed by atoms with E-state index in [9.17, 15) is 0 Å². The van der Waals surface area contributed by atoms with Crippen molar-refractivity contribution in [1.29, 1.82) is 0 Å². The van der Waals surface area contributed by atoms with Gasteiger partial charge in [-0.1, -0.05) is 18.0 Å². The van der Waals surface area contributed by atoms with Crippen molar-refractivity contribution in [2.24, 2.45) is 5.10 Å². The Morgan fingerprint density at radius 1 is 1.17 bits per heavy atom. The molecule has 0 radical (unpaired) electrons. The lowest BCUT2D eigenvalue weighted by Crippen LogP contribution is -2.54. The third kappa shape index (κ3) is 2.09. The van der Waals surface area contributed by atoms with Crippen LogP contribution in [0.1, 0.15) is 55.9 Å². The van der Waals surface area contributed by atoms with Gasteiger partial charge in [0, 0.05) is 29.8 Å². The van der Waals surface area contributed by atoms with Crippen LogP contribution in [-0.2, 0) is 0 Å². The highest BCUT2D eigenvalue weighted by Crippen LogP contribution is 2.51. The summed E-state index contributed by atoms with van der Waals surface area (Å²) in [5, 5.41) is 7.88. The van der Waals surface area contributed by atoms with Gasteiger partial charge in [-0.15, -0.1) is 0 Å². The zero-order chi connectivity index (χ0) is 16.1. The molecule has 4 nitrogen and oxygen atoms in total. The van der Waals surface area contributed by atoms with Crippen molar-refractivity contribution in [1.82, 2.24) is 5.01 Å². The summed E-state index contributed by atoms with van der Waals surface area (Å²) < 4.78 is 12.1. The van der Waals surface area contributed by atoms with Gasteiger partial charge in [0.05, 0.1) is 12.3 Å². The first-order valence-corrected chi connectivity index (χ1v) is 9.02. The summed E-state index contributed by atoms with van der Waals surface area (Å²) in [4.78, 5) is 0. The summed E-state index contributed by atoms with van der Waals surface area (Å²) in [5.74, 6) is 1.80. The maximum Gasteiger partial charge on any atom is 0.198 e. The topological polar surface area (TPSA) is 38.0 Å². The van der Waals surface area contributed by atoms with Crippen LogP contribution < -0.4 is 4.74 Å². The number of nitrogens with zero attached hydrogens (tertiary/aromatic N) is 2. The molecule has 1 aromatic carbocycles. The molecule has 3 aliphatic rings. The van der Waals surface area contributed by atoms with Crippen molar-refractivity contribution < 1.29 is 9.15 Å². The summed E-state index contributed by atoms with van der Waals surface area (Å²) in [5.41, 5.74) is 1.80. The average molecular weight is 343 g/mol. The molecule has 2 aromatic rings. The molecule has 1 aromatic heterocycles. The molecular weight excluding hydrogens is 324 g/mol. The Morgan fingerprint density at radius 3 is 2.83 bits per heavy atom. The van der Waals surface area contributed by atoms with Crippen LogP contribution in [0.25, 0.3) is 0 Å². The van der Waals surface area contributed by atoms with Crippen LogP contribution >= 0.6 is 11.6 Å². The molecule has 0 bridgehead atoms. The molecule has 0 N–H and O–H groups in total. The van der Waals surface area contributed by atoms with E-state index in [0.717, 1.165) is 47.1 Å². The van der Waals surface area contributed by atoms with Crippen LogP contribution in [0.15, 0.2) is 46.1 Å². The largest absolute Gasteiger partial charge is 0.466 e. The summed E-state index contributed by atoms with van der Waals surface area (Å²) in [6, 6.07) is 10.00. The molecule has 1 spiro atoms. The van der Waals surface area contributed by atoms with Gasteiger partial charge in [-0.2, -0.15) is 5.10 Å². The second-order valence-corrected chi connectivity index (χ2v) is 7.32. The molecule has 0 unspecified atom stereocenters. The molecule has 0 saturated heterocycles. The molecule has 24 heavy (non-hydrogen) atoms. The number of benzene rings is 1. The number of hydrazone groups is 1. The summed E-state index contributed by atoms with van der Waals surface area (Å²) >= 11 is 6.25. The highest BCUT2D eigenvalue weighted by atomic mass is 35.5. The van der Waals surface area contributed by atoms with E-state index in [0.29, 0.717) is 0 Å². The van der Waals surface area contributed by atoms with E-state index >= 15 is 0 Å². The Kier molecular flexibility index (Phi) is 3.17. The van der Waals surface area contributed by atoms with Gasteiger partial charge in [0.1, 0.15) is 17.2 Å². The van der Waals surface area contributed by atoms with Crippen molar-refractivity contribution in [2.45, 2.75) is 50.3 Å². The second kappa shape index (κ2) is 5.28. The van der Waals surface area contributed by atoms with Crippen LogP contribution in [-0.4, -0.2) is 16.4 Å². The molecule has 1 aliphatic carbocycles. The van der Waals surface area contributed by atoms with Gasteiger partial charge in [0.2, 0.25) is 0 Å². The lowest BCUT2D eigenvalue weighted by molar-refractivity contribution is -0.140. The maximum atomic E-state index is 6.52. The Balaban J connectivity index is 1.62. The fourth-order valence-electron chi connectivity index (χ4n) is 4.28. The van der Waals surface area contributed by atoms with Crippen molar-refractivity contribution >= 4 is 17.3 Å². The number of ether oxygens (including phenoxy) is 1. The van der Waals surface area contributed by atoms with E-state index in [2.05, 4.69) is 5.01 Å². The average Bonchev–Trinajstić information content (AvgIpc) is 3.26. The Labute approximate surface area is 146 Å². The predicted molar refractivity (Wildman–Crippen MR) is 92.3 cm³/mol. The molecule has 124 valence electrons. The minimum Gasteiger partial charge on any atom is -0.466 e. The normalized spacial score (nSPS) is 24.3. The van der Waals surface area contributed by atoms with Gasteiger partial charge >= 0.3 is 0 Å². The minimum absolute atomic E-state index is 0.172. The number of rotatable bonds is 1. The highest BCUT2D eigenvalue weighted by molar-refractivity contribution is 6.30. The number of halogens is 1. The lowest BCUT2D eigenvalue weighted by atomic mass is 9.87. The van der Waals surface area contributed by atoms with Gasteiger partial charge in [0.25, 0.3) is 0 Å². The number of fused-ring (bicyclic) bond motifs is 4. The summed E-state index contributed by atoms with van der Waals surface area (Å²) in [6.07, 6.45) is 8.18. The van der Waals surface area contributed by atoms with E-state index in [4.69, 9.17) is 25.9 Å². The van der Waals surface area contributed by atoms with Crippen LogP contribution in [0.4, 0.5) is 0 Å². The molecule has 5 heteroatoms. The summed E-state index contributed by atoms with van der Waals surface area (Å²) in [6.45, 7) is 0. The van der Waals surface area contributed by atoms with Crippen LogP contribution in [0, 0.1) is 0 Å². The van der Waals surface area contributed by atoms with Crippen LogP contribution in [0.2, 0.25) is 5.02 Å². The molecule has 5 rings (SSSR count). The van der Waals surface area contributed by atoms with Crippen LogP contribution in [0.5, 0.6) is 5.75 Å². The maximum absolute atomic E-state index is 6.52. The van der Waals surface area contributed by atoms with Gasteiger partial charge in [-0.25, -0.2) is 5.01 Å². The van der Waals surface area contributed by atoms with Gasteiger partial charge < -0.3 is 9.15 Å². The SMILES string of the molecule is Clc1ccc2c(c1)[C@@H]1CC(c3ccco3)=NN1C1(CCCCC1)O2. The zero-order valence-corrected chi connectivity index (χ0v) is 14.1. The molecule has 2 aliphatic heterocycles. The Bertz CT molecular complexity index is 794. The van der Waals surface area contributed by atoms with E-state index in [1.807, 2.05) is 30.3 Å². The second-order valence-electron chi connectivity index (χ2n) is 6.88. The van der Waals surface area contributed by atoms with Crippen LogP contribution in [0.3, 0.4) is 0 Å². The lowest BCUT2D eigenvalue weighted by Gasteiger charge is -2.49. The zero-order valence-electron chi connectivity index (χ0n) is 13.4. The molecule has 3 heterocycles. The first-order valence-electron chi connectivity index (χ1n) is 8.64. The fraction of sp³-hybridized carbons (Fsp3) is 0.421. The third-order valence-corrected chi connectivity index (χ3v) is 5.63. The quantitative estimate of drug-likeness (QED) is 0.720. The predicted octanol–water partition coefficient (Wildman–Crippen LogP) is 5.14. The Morgan fingerprint density at radius 2 is 2.04 bits per heavy atom. The molecular formula is C19H19ClN2O2. The van der Waals surface area contributed by atoms with Crippen molar-refractivity contribution in [3.05, 3.63) is 52.9 Å². The van der Waals surface area contributed by atoms with Gasteiger partial charge in [0.15, 0.2) is 5.72 Å². The van der Waals surface area contributed by atoms with E-state index < -0.39 is 0 Å². The third-order valence-electron chi connectivity index (χ3n) is 5.40. The highest BCUT2D eigenvalue weighted by Gasteiger charge is 2.51. The van der Waals surface area contributed by atoms with E-state index in [1.165, 1.54) is 19.3 Å². The van der Waals surface area contributed by atoms with Crippen molar-refractivity contribution in [3.8, 4) is 5.75 Å². The molecule has 1 atom stereocenters. The molecule has 0 amide bonds. The van der Waals surface area contributed by atoms with Gasteiger partial charge in [-0.05, 0) is 43.2 Å². The number of hydrogen-bond acceptors (Lipinski definition) is 4. The molecule has 1 saturated carbocycles. The smallest absolute Gasteiger partial charge is 0.198 e. The standard InChI is InChI=1S/C19H19ClN2O2/c20-13-6-7-17-14(11-13)16-12-15(18-5-4-10-23-18)21-22(16)19(24-17)8-2-1-3-9-19/h4-7,10-11,16H,1-3,8-9,12H2/t16-/m0/s1. The monoisotopic (exact) mass is 342 g/mol. The minimum atomic E-state index is -0.321. The Hall–Kier alpha value is -1.94. The van der Waals surface area contributed by atoms with E-state index in [-0.39, 0.29) is 11.8 Å². The molecule has 1 fully saturated rings. The van der Waals surface area contributed by atoms with E-state index in [1.54, 1.807) is 6.26 Å². The van der Waals surface area contributed by atoms with Crippen molar-refractivity contribution in [3.63, 3.8) is 0 Å². The van der Waals surface area contributed by atoms with Gasteiger partial charge in [-0.3, -0.25) is 0 Å². The first-order chi connectivity index (χ1) is 11.8. The first kappa shape index (κ1) is 14.4. The number of furan rings is 1. The fourth-order valence-corrected chi connectivity index (χ4v) is 4.46. The van der Waals surface area contributed by atoms with Crippen molar-refractivity contribution in [2.75, 3.05) is 0 Å².